The minimum absolute atomic E-state index is 0.0217. The van der Waals surface area contributed by atoms with Crippen molar-refractivity contribution in [1.29, 1.82) is 0 Å². The lowest BCUT2D eigenvalue weighted by molar-refractivity contribution is -0.143. The van der Waals surface area contributed by atoms with E-state index in [0.29, 0.717) is 32.5 Å². The predicted octanol–water partition coefficient (Wildman–Crippen LogP) is 0.750. The molecule has 0 aromatic heterocycles. The van der Waals surface area contributed by atoms with Crippen molar-refractivity contribution in [3.63, 3.8) is 0 Å². The third-order valence-corrected chi connectivity index (χ3v) is 3.99. The van der Waals surface area contributed by atoms with Crippen molar-refractivity contribution in [3.05, 3.63) is 0 Å². The summed E-state index contributed by atoms with van der Waals surface area (Å²) in [5.41, 5.74) is 0. The molecule has 1 rings (SSSR count). The summed E-state index contributed by atoms with van der Waals surface area (Å²) in [6.45, 7) is 7.23. The molecule has 3 amide bonds. The van der Waals surface area contributed by atoms with Crippen molar-refractivity contribution in [2.24, 2.45) is 5.92 Å². The number of carboxylic acid groups (broad SMARTS) is 1. The lowest BCUT2D eigenvalue weighted by Crippen LogP contribution is -2.52. The van der Waals surface area contributed by atoms with Gasteiger partial charge in [-0.05, 0) is 33.6 Å². The average molecular weight is 299 g/mol. The molecule has 0 saturated carbocycles. The molecule has 0 aliphatic carbocycles. The van der Waals surface area contributed by atoms with Gasteiger partial charge in [-0.15, -0.1) is 0 Å². The molecule has 0 radical (unpaired) electrons. The maximum absolute atomic E-state index is 12.1. The highest BCUT2D eigenvalue weighted by Gasteiger charge is 2.32. The molecule has 1 saturated heterocycles. The van der Waals surface area contributed by atoms with E-state index in [-0.39, 0.29) is 30.4 Å². The van der Waals surface area contributed by atoms with Crippen LogP contribution in [0.5, 0.6) is 0 Å². The summed E-state index contributed by atoms with van der Waals surface area (Å²) in [4.78, 5) is 38.1. The van der Waals surface area contributed by atoms with Crippen molar-refractivity contribution in [1.82, 2.24) is 15.1 Å². The number of carboxylic acids is 1. The van der Waals surface area contributed by atoms with Gasteiger partial charge >= 0.3 is 12.0 Å². The van der Waals surface area contributed by atoms with Crippen LogP contribution in [-0.4, -0.2) is 65.0 Å². The second-order valence-corrected chi connectivity index (χ2v) is 5.33. The van der Waals surface area contributed by atoms with Gasteiger partial charge in [0.25, 0.3) is 0 Å². The zero-order valence-corrected chi connectivity index (χ0v) is 13.0. The largest absolute Gasteiger partial charge is 0.481 e. The molecule has 7 nitrogen and oxygen atoms in total. The number of piperidine rings is 1. The Labute approximate surface area is 125 Å². The molecule has 0 aromatic carbocycles. The van der Waals surface area contributed by atoms with E-state index in [1.54, 1.807) is 9.80 Å². The number of urea groups is 1. The molecule has 1 aliphatic heterocycles. The first-order valence-corrected chi connectivity index (χ1v) is 7.45. The van der Waals surface area contributed by atoms with E-state index in [2.05, 4.69) is 5.32 Å². The summed E-state index contributed by atoms with van der Waals surface area (Å²) in [6.07, 6.45) is 0.907. The van der Waals surface area contributed by atoms with Crippen LogP contribution >= 0.6 is 0 Å². The number of likely N-dealkylation sites (tertiary alicyclic amines) is 1. The number of carbonyl (C=O) groups excluding carboxylic acids is 2. The van der Waals surface area contributed by atoms with E-state index in [1.807, 2.05) is 20.8 Å². The number of hydrogen-bond acceptors (Lipinski definition) is 3. The molecule has 120 valence electrons. The van der Waals surface area contributed by atoms with Crippen LogP contribution in [0.4, 0.5) is 4.79 Å². The summed E-state index contributed by atoms with van der Waals surface area (Å²) in [6, 6.07) is -0.435. The molecule has 7 heteroatoms. The van der Waals surface area contributed by atoms with E-state index in [4.69, 9.17) is 5.11 Å². The van der Waals surface area contributed by atoms with Gasteiger partial charge in [0.05, 0.1) is 12.5 Å². The number of rotatable bonds is 5. The Balaban J connectivity index is 2.46. The molecule has 0 aromatic rings. The first-order chi connectivity index (χ1) is 9.90. The van der Waals surface area contributed by atoms with Crippen LogP contribution in [0.25, 0.3) is 0 Å². The molecule has 2 atom stereocenters. The smallest absolute Gasteiger partial charge is 0.318 e. The SMILES string of the molecule is CCN(CC)C(=O)CNC(=O)N1CCC(C(=O)O)CC1C. The van der Waals surface area contributed by atoms with E-state index in [9.17, 15) is 14.4 Å². The summed E-state index contributed by atoms with van der Waals surface area (Å²) in [5.74, 6) is -1.30. The zero-order chi connectivity index (χ0) is 16.0. The molecule has 2 unspecified atom stereocenters. The number of nitrogens with zero attached hydrogens (tertiary/aromatic N) is 2. The standard InChI is InChI=1S/C14H25N3O4/c1-4-16(5-2)12(18)9-15-14(21)17-7-6-11(13(19)20)8-10(17)3/h10-11H,4-9H2,1-3H3,(H,15,21)(H,19,20). The lowest BCUT2D eigenvalue weighted by atomic mass is 9.92. The van der Waals surface area contributed by atoms with Crippen LogP contribution in [0.15, 0.2) is 0 Å². The van der Waals surface area contributed by atoms with E-state index in [1.165, 1.54) is 0 Å². The molecule has 1 heterocycles. The van der Waals surface area contributed by atoms with Crippen LogP contribution in [0.3, 0.4) is 0 Å². The van der Waals surface area contributed by atoms with Crippen molar-refractivity contribution in [2.45, 2.75) is 39.7 Å². The summed E-state index contributed by atoms with van der Waals surface area (Å²) in [7, 11) is 0. The number of hydrogen-bond donors (Lipinski definition) is 2. The minimum atomic E-state index is -0.807. The van der Waals surface area contributed by atoms with Gasteiger partial charge in [-0.25, -0.2) is 4.79 Å². The summed E-state index contributed by atoms with van der Waals surface area (Å²) < 4.78 is 0. The highest BCUT2D eigenvalue weighted by atomic mass is 16.4. The maximum Gasteiger partial charge on any atom is 0.318 e. The molecule has 0 bridgehead atoms. The van der Waals surface area contributed by atoms with Gasteiger partial charge in [0.1, 0.15) is 0 Å². The average Bonchev–Trinajstić information content (AvgIpc) is 2.45. The Morgan fingerprint density at radius 1 is 1.29 bits per heavy atom. The number of carbonyl (C=O) groups is 3. The quantitative estimate of drug-likeness (QED) is 0.784. The van der Waals surface area contributed by atoms with Gasteiger partial charge in [0, 0.05) is 25.7 Å². The van der Waals surface area contributed by atoms with E-state index < -0.39 is 5.97 Å². The first kappa shape index (κ1) is 17.3. The van der Waals surface area contributed by atoms with Gasteiger partial charge < -0.3 is 20.2 Å². The zero-order valence-electron chi connectivity index (χ0n) is 13.0. The Bertz CT molecular complexity index is 396. The Hall–Kier alpha value is -1.79. The molecule has 1 fully saturated rings. The highest BCUT2D eigenvalue weighted by Crippen LogP contribution is 2.22. The third-order valence-electron chi connectivity index (χ3n) is 3.99. The maximum atomic E-state index is 12.1. The predicted molar refractivity (Wildman–Crippen MR) is 77.9 cm³/mol. The third kappa shape index (κ3) is 4.61. The molecule has 2 N–H and O–H groups in total. The van der Waals surface area contributed by atoms with Gasteiger partial charge in [-0.1, -0.05) is 0 Å². The molecular weight excluding hydrogens is 274 g/mol. The highest BCUT2D eigenvalue weighted by molar-refractivity contribution is 5.84. The van der Waals surface area contributed by atoms with Gasteiger partial charge in [-0.2, -0.15) is 0 Å². The van der Waals surface area contributed by atoms with Gasteiger partial charge in [0.15, 0.2) is 0 Å². The lowest BCUT2D eigenvalue weighted by Gasteiger charge is -2.36. The molecule has 21 heavy (non-hydrogen) atoms. The van der Waals surface area contributed by atoms with Crippen LogP contribution in [0, 0.1) is 5.92 Å². The fourth-order valence-corrected chi connectivity index (χ4v) is 2.64. The van der Waals surface area contributed by atoms with Gasteiger partial charge in [0.2, 0.25) is 5.91 Å². The summed E-state index contributed by atoms with van der Waals surface area (Å²) >= 11 is 0. The number of likely N-dealkylation sites (N-methyl/N-ethyl adjacent to an activating group) is 1. The van der Waals surface area contributed by atoms with Crippen molar-refractivity contribution < 1.29 is 19.5 Å². The molecule has 1 aliphatic rings. The minimum Gasteiger partial charge on any atom is -0.481 e. The van der Waals surface area contributed by atoms with E-state index in [0.717, 1.165) is 0 Å². The van der Waals surface area contributed by atoms with Crippen LogP contribution < -0.4 is 5.32 Å². The molecular formula is C14H25N3O4. The fraction of sp³-hybridized carbons (Fsp3) is 0.786. The Morgan fingerprint density at radius 3 is 2.38 bits per heavy atom. The number of amides is 3. The van der Waals surface area contributed by atoms with Crippen LogP contribution in [0.2, 0.25) is 0 Å². The Morgan fingerprint density at radius 2 is 1.90 bits per heavy atom. The van der Waals surface area contributed by atoms with E-state index >= 15 is 0 Å². The van der Waals surface area contributed by atoms with Crippen molar-refractivity contribution in [2.75, 3.05) is 26.2 Å². The van der Waals surface area contributed by atoms with Crippen molar-refractivity contribution >= 4 is 17.9 Å². The normalized spacial score (nSPS) is 21.8. The van der Waals surface area contributed by atoms with Gasteiger partial charge in [-0.3, -0.25) is 9.59 Å². The fourth-order valence-electron chi connectivity index (χ4n) is 2.64. The second kappa shape index (κ2) is 7.85. The monoisotopic (exact) mass is 299 g/mol. The number of nitrogens with one attached hydrogen (secondary N) is 1. The van der Waals surface area contributed by atoms with Crippen LogP contribution in [-0.2, 0) is 9.59 Å². The topological polar surface area (TPSA) is 90.0 Å². The second-order valence-electron chi connectivity index (χ2n) is 5.33. The first-order valence-electron chi connectivity index (χ1n) is 7.45. The number of aliphatic carboxylic acids is 1. The van der Waals surface area contributed by atoms with Crippen LogP contribution in [0.1, 0.15) is 33.6 Å². The molecule has 0 spiro atoms. The van der Waals surface area contributed by atoms with Crippen molar-refractivity contribution in [3.8, 4) is 0 Å². The summed E-state index contributed by atoms with van der Waals surface area (Å²) in [5, 5.41) is 11.6. The Kier molecular flexibility index (Phi) is 6.45.